The van der Waals surface area contributed by atoms with Crippen molar-refractivity contribution in [1.29, 1.82) is 0 Å². The molecule has 0 saturated carbocycles. The highest BCUT2D eigenvalue weighted by Gasteiger charge is 2.23. The molecular weight excluding hydrogens is 236 g/mol. The summed E-state index contributed by atoms with van der Waals surface area (Å²) in [6.45, 7) is 7.01. The summed E-state index contributed by atoms with van der Waals surface area (Å²) in [6.07, 6.45) is 1.23. The van der Waals surface area contributed by atoms with Crippen molar-refractivity contribution < 1.29 is 4.74 Å². The van der Waals surface area contributed by atoms with Crippen LogP contribution in [0.25, 0.3) is 0 Å². The molecule has 1 atom stereocenters. The Morgan fingerprint density at radius 1 is 1.53 bits per heavy atom. The predicted octanol–water partition coefficient (Wildman–Crippen LogP) is 1.44. The van der Waals surface area contributed by atoms with Gasteiger partial charge in [0.05, 0.1) is 13.2 Å². The van der Waals surface area contributed by atoms with E-state index in [1.165, 1.54) is 6.42 Å². The summed E-state index contributed by atoms with van der Waals surface area (Å²) in [6, 6.07) is 0. The van der Waals surface area contributed by atoms with Gasteiger partial charge in [-0.05, 0) is 25.8 Å². The molecule has 1 saturated heterocycles. The maximum Gasteiger partial charge on any atom is 0.205 e. The van der Waals surface area contributed by atoms with Crippen LogP contribution < -0.4 is 5.32 Å². The summed E-state index contributed by atoms with van der Waals surface area (Å²) in [5.74, 6) is 0.682. The molecule has 1 aromatic rings. The zero-order valence-corrected chi connectivity index (χ0v) is 11.3. The van der Waals surface area contributed by atoms with E-state index in [4.69, 9.17) is 4.74 Å². The summed E-state index contributed by atoms with van der Waals surface area (Å²) in [5.41, 5.74) is 0. The topological polar surface area (TPSA) is 50.3 Å². The molecule has 1 fully saturated rings. The van der Waals surface area contributed by atoms with E-state index in [1.54, 1.807) is 18.4 Å². The SMILES string of the molecule is CCNc1nnc(CN2CCC(COC)C2)s1. The van der Waals surface area contributed by atoms with Crippen molar-refractivity contribution in [1.82, 2.24) is 15.1 Å². The van der Waals surface area contributed by atoms with Gasteiger partial charge in [-0.1, -0.05) is 11.3 Å². The second-order valence-corrected chi connectivity index (χ2v) is 5.44. The summed E-state index contributed by atoms with van der Waals surface area (Å²) in [7, 11) is 1.77. The highest BCUT2D eigenvalue weighted by Crippen LogP contribution is 2.21. The standard InChI is InChI=1S/C11H20N4OS/c1-3-12-11-14-13-10(17-11)7-15-5-4-9(6-15)8-16-2/h9H,3-8H2,1-2H3,(H,12,14). The van der Waals surface area contributed by atoms with E-state index in [2.05, 4.69) is 27.3 Å². The molecule has 0 spiro atoms. The molecule has 6 heteroatoms. The van der Waals surface area contributed by atoms with Crippen molar-refractivity contribution in [2.75, 3.05) is 38.7 Å². The maximum absolute atomic E-state index is 5.20. The number of rotatable bonds is 6. The molecule has 5 nitrogen and oxygen atoms in total. The fourth-order valence-corrected chi connectivity index (χ4v) is 3.01. The molecule has 1 aromatic heterocycles. The van der Waals surface area contributed by atoms with Gasteiger partial charge in [0.1, 0.15) is 5.01 Å². The normalized spacial score (nSPS) is 20.9. The molecule has 0 aliphatic carbocycles. The molecule has 0 bridgehead atoms. The van der Waals surface area contributed by atoms with E-state index in [0.29, 0.717) is 5.92 Å². The van der Waals surface area contributed by atoms with Gasteiger partial charge in [0.15, 0.2) is 0 Å². The molecule has 0 aromatic carbocycles. The van der Waals surface area contributed by atoms with Gasteiger partial charge < -0.3 is 10.1 Å². The molecule has 17 heavy (non-hydrogen) atoms. The van der Waals surface area contributed by atoms with Crippen molar-refractivity contribution in [3.05, 3.63) is 5.01 Å². The van der Waals surface area contributed by atoms with Crippen LogP contribution in [0.15, 0.2) is 0 Å². The molecule has 1 N–H and O–H groups in total. The van der Waals surface area contributed by atoms with Crippen LogP contribution in [0.1, 0.15) is 18.4 Å². The lowest BCUT2D eigenvalue weighted by Crippen LogP contribution is -2.21. The van der Waals surface area contributed by atoms with Crippen LogP contribution in [0.5, 0.6) is 0 Å². The second-order valence-electron chi connectivity index (χ2n) is 4.38. The quantitative estimate of drug-likeness (QED) is 0.834. The number of nitrogens with one attached hydrogen (secondary N) is 1. The third-order valence-corrected chi connectivity index (χ3v) is 3.79. The van der Waals surface area contributed by atoms with Crippen molar-refractivity contribution in [3.63, 3.8) is 0 Å². The smallest absolute Gasteiger partial charge is 0.205 e. The number of aromatic nitrogens is 2. The Bertz CT molecular complexity index is 344. The molecule has 0 radical (unpaired) electrons. The first kappa shape index (κ1) is 12.7. The first-order valence-electron chi connectivity index (χ1n) is 6.09. The average molecular weight is 256 g/mol. The van der Waals surface area contributed by atoms with Crippen LogP contribution in [-0.4, -0.2) is 48.4 Å². The first-order chi connectivity index (χ1) is 8.31. The Kier molecular flexibility index (Phi) is 4.70. The zero-order valence-electron chi connectivity index (χ0n) is 10.5. The summed E-state index contributed by atoms with van der Waals surface area (Å²) < 4.78 is 5.20. The van der Waals surface area contributed by atoms with E-state index >= 15 is 0 Å². The maximum atomic E-state index is 5.20. The van der Waals surface area contributed by atoms with Gasteiger partial charge in [0, 0.05) is 20.2 Å². The Morgan fingerprint density at radius 2 is 2.41 bits per heavy atom. The fourth-order valence-electron chi connectivity index (χ4n) is 2.16. The van der Waals surface area contributed by atoms with Crippen LogP contribution in [0.3, 0.4) is 0 Å². The van der Waals surface area contributed by atoms with Crippen LogP contribution in [0.4, 0.5) is 5.13 Å². The third-order valence-electron chi connectivity index (χ3n) is 2.93. The number of ether oxygens (including phenoxy) is 1. The molecular formula is C11H20N4OS. The summed E-state index contributed by atoms with van der Waals surface area (Å²) in [4.78, 5) is 2.43. The van der Waals surface area contributed by atoms with Gasteiger partial charge in [-0.25, -0.2) is 0 Å². The second kappa shape index (κ2) is 6.28. The zero-order chi connectivity index (χ0) is 12.1. The van der Waals surface area contributed by atoms with E-state index in [-0.39, 0.29) is 0 Å². The monoisotopic (exact) mass is 256 g/mol. The Labute approximate surface area is 106 Å². The van der Waals surface area contributed by atoms with Crippen LogP contribution in [-0.2, 0) is 11.3 Å². The van der Waals surface area contributed by atoms with E-state index in [0.717, 1.165) is 42.9 Å². The van der Waals surface area contributed by atoms with E-state index in [1.807, 2.05) is 0 Å². The number of hydrogen-bond acceptors (Lipinski definition) is 6. The third kappa shape index (κ3) is 3.62. The molecule has 2 rings (SSSR count). The number of hydrogen-bond donors (Lipinski definition) is 1. The van der Waals surface area contributed by atoms with Gasteiger partial charge >= 0.3 is 0 Å². The minimum Gasteiger partial charge on any atom is -0.384 e. The van der Waals surface area contributed by atoms with Crippen LogP contribution in [0.2, 0.25) is 0 Å². The largest absolute Gasteiger partial charge is 0.384 e. The number of anilines is 1. The van der Waals surface area contributed by atoms with E-state index in [9.17, 15) is 0 Å². The predicted molar refractivity (Wildman–Crippen MR) is 69.3 cm³/mol. The number of likely N-dealkylation sites (tertiary alicyclic amines) is 1. The van der Waals surface area contributed by atoms with Crippen molar-refractivity contribution in [2.45, 2.75) is 19.9 Å². The highest BCUT2D eigenvalue weighted by atomic mass is 32.1. The summed E-state index contributed by atoms with van der Waals surface area (Å²) >= 11 is 1.65. The Morgan fingerprint density at radius 3 is 3.18 bits per heavy atom. The lowest BCUT2D eigenvalue weighted by Gasteiger charge is -2.13. The minimum absolute atomic E-state index is 0.682. The fraction of sp³-hybridized carbons (Fsp3) is 0.818. The molecule has 1 aliphatic rings. The van der Waals surface area contributed by atoms with E-state index < -0.39 is 0 Å². The lowest BCUT2D eigenvalue weighted by molar-refractivity contribution is 0.152. The first-order valence-corrected chi connectivity index (χ1v) is 6.91. The Balaban J connectivity index is 1.80. The van der Waals surface area contributed by atoms with Gasteiger partial charge in [0.2, 0.25) is 5.13 Å². The molecule has 2 heterocycles. The molecule has 96 valence electrons. The average Bonchev–Trinajstić information content (AvgIpc) is 2.91. The molecule has 0 amide bonds. The van der Waals surface area contributed by atoms with Crippen LogP contribution in [0, 0.1) is 5.92 Å². The van der Waals surface area contributed by atoms with Crippen molar-refractivity contribution in [2.24, 2.45) is 5.92 Å². The summed E-state index contributed by atoms with van der Waals surface area (Å²) in [5, 5.41) is 13.5. The number of nitrogens with zero attached hydrogens (tertiary/aromatic N) is 3. The molecule has 1 unspecified atom stereocenters. The lowest BCUT2D eigenvalue weighted by atomic mass is 10.1. The molecule has 1 aliphatic heterocycles. The van der Waals surface area contributed by atoms with Gasteiger partial charge in [-0.2, -0.15) is 0 Å². The van der Waals surface area contributed by atoms with Gasteiger partial charge in [-0.3, -0.25) is 4.90 Å². The number of methoxy groups -OCH3 is 1. The minimum atomic E-state index is 0.682. The Hall–Kier alpha value is -0.720. The van der Waals surface area contributed by atoms with Crippen LogP contribution >= 0.6 is 11.3 Å². The highest BCUT2D eigenvalue weighted by molar-refractivity contribution is 7.15. The van der Waals surface area contributed by atoms with Gasteiger partial charge in [0.25, 0.3) is 0 Å². The van der Waals surface area contributed by atoms with Crippen molar-refractivity contribution in [3.8, 4) is 0 Å². The van der Waals surface area contributed by atoms with Crippen molar-refractivity contribution >= 4 is 16.5 Å². The van der Waals surface area contributed by atoms with Gasteiger partial charge in [-0.15, -0.1) is 10.2 Å².